The topological polar surface area (TPSA) is 78.8 Å². The van der Waals surface area contributed by atoms with Gasteiger partial charge in [0.25, 0.3) is 0 Å². The van der Waals surface area contributed by atoms with Gasteiger partial charge in [-0.05, 0) is 110 Å². The van der Waals surface area contributed by atoms with E-state index in [0.29, 0.717) is 26.1 Å². The number of rotatable bonds is 4. The maximum atomic E-state index is 13.9. The van der Waals surface area contributed by atoms with Crippen molar-refractivity contribution < 1.29 is 18.1 Å². The van der Waals surface area contributed by atoms with Crippen molar-refractivity contribution in [3.63, 3.8) is 0 Å². The second-order valence-electron chi connectivity index (χ2n) is 13.5. The zero-order chi connectivity index (χ0) is 36.5. The van der Waals surface area contributed by atoms with E-state index in [9.17, 15) is 8.78 Å². The molecule has 6 aromatic heterocycles. The minimum absolute atomic E-state index is 0.277. The highest BCUT2D eigenvalue weighted by atomic mass is 127. The van der Waals surface area contributed by atoms with Gasteiger partial charge < -0.3 is 9.31 Å². The first kappa shape index (κ1) is 38.1. The van der Waals surface area contributed by atoms with Crippen LogP contribution in [-0.2, 0) is 9.31 Å². The van der Waals surface area contributed by atoms with Crippen LogP contribution in [0.2, 0.25) is 10.3 Å². The molecule has 0 aliphatic carbocycles. The van der Waals surface area contributed by atoms with Gasteiger partial charge in [0.2, 0.25) is 0 Å². The monoisotopic (exact) mass is 832 g/mol. The Hall–Kier alpha value is -3.17. The van der Waals surface area contributed by atoms with Crippen molar-refractivity contribution in [1.29, 1.82) is 0 Å². The van der Waals surface area contributed by atoms with Crippen molar-refractivity contribution in [2.45, 2.75) is 78.4 Å². The van der Waals surface area contributed by atoms with Gasteiger partial charge in [-0.1, -0.05) is 50.9 Å². The molecule has 1 fully saturated rings. The van der Waals surface area contributed by atoms with Gasteiger partial charge in [-0.15, -0.1) is 0 Å². The van der Waals surface area contributed by atoms with Crippen LogP contribution < -0.4 is 5.46 Å². The van der Waals surface area contributed by atoms with E-state index in [2.05, 4.69) is 81.6 Å². The van der Waals surface area contributed by atoms with Crippen LogP contribution in [0.4, 0.5) is 8.78 Å². The Bertz CT molecular complexity index is 2120. The Morgan fingerprint density at radius 2 is 1.22 bits per heavy atom. The zero-order valence-corrected chi connectivity index (χ0v) is 32.7. The lowest BCUT2D eigenvalue weighted by Crippen LogP contribution is -2.41. The van der Waals surface area contributed by atoms with E-state index in [1.165, 1.54) is 17.7 Å². The summed E-state index contributed by atoms with van der Waals surface area (Å²) in [5, 5.41) is 9.30. The molecule has 1 aliphatic rings. The van der Waals surface area contributed by atoms with Crippen molar-refractivity contribution in [2.24, 2.45) is 0 Å². The number of fused-ring (bicyclic) bond motifs is 2. The van der Waals surface area contributed by atoms with Gasteiger partial charge in [0, 0.05) is 29.1 Å². The Morgan fingerprint density at radius 1 is 0.720 bits per heavy atom. The van der Waals surface area contributed by atoms with Crippen LogP contribution in [0.1, 0.15) is 78.4 Å². The number of hydrogen-bond acceptors (Lipinski definition) is 6. The molecule has 0 unspecified atom stereocenters. The molecule has 6 aromatic rings. The molecule has 0 bridgehead atoms. The van der Waals surface area contributed by atoms with Crippen LogP contribution in [0.25, 0.3) is 22.2 Å². The highest BCUT2D eigenvalue weighted by Gasteiger charge is 2.51. The van der Waals surface area contributed by atoms with Gasteiger partial charge in [-0.25, -0.2) is 27.8 Å². The average Bonchev–Trinajstić information content (AvgIpc) is 3.73. The summed E-state index contributed by atoms with van der Waals surface area (Å²) < 4.78 is 42.7. The molecule has 0 radical (unpaired) electrons. The van der Waals surface area contributed by atoms with Crippen LogP contribution >= 0.6 is 45.8 Å². The summed E-state index contributed by atoms with van der Waals surface area (Å²) in [5.41, 5.74) is 6.10. The van der Waals surface area contributed by atoms with Gasteiger partial charge in [0.05, 0.1) is 50.6 Å². The molecule has 7 rings (SSSR count). The minimum Gasteiger partial charge on any atom is -0.399 e. The molecule has 50 heavy (non-hydrogen) atoms. The summed E-state index contributed by atoms with van der Waals surface area (Å²) in [6, 6.07) is 10.9. The number of hydrogen-bond donors (Lipinski definition) is 0. The van der Waals surface area contributed by atoms with Crippen molar-refractivity contribution in [3.05, 3.63) is 110 Å². The van der Waals surface area contributed by atoms with Crippen molar-refractivity contribution in [3.8, 4) is 11.1 Å². The highest BCUT2D eigenvalue weighted by Crippen LogP contribution is 2.36. The largest absolute Gasteiger partial charge is 0.494 e. The van der Waals surface area contributed by atoms with E-state index in [4.69, 9.17) is 32.5 Å². The quantitative estimate of drug-likeness (QED) is 0.100. The SMILES string of the molecule is CC(C)c1cnn2ccc(-c3cc(Cl)ncc3F)cc12.CC(C)c1cnn2ccc(B3OC(C)(C)C(C)(C)O3)cc12.Fc1cnc(Cl)cc1I. The minimum atomic E-state index is -0.385. The maximum Gasteiger partial charge on any atom is 0.494 e. The lowest BCUT2D eigenvalue weighted by molar-refractivity contribution is 0.00578. The Labute approximate surface area is 314 Å². The molecule has 1 aliphatic heterocycles. The Kier molecular flexibility index (Phi) is 11.6. The predicted octanol–water partition coefficient (Wildman–Crippen LogP) is 9.55. The molecule has 14 heteroatoms. The lowest BCUT2D eigenvalue weighted by atomic mass is 9.79. The summed E-state index contributed by atoms with van der Waals surface area (Å²) in [6.45, 7) is 16.9. The molecule has 262 valence electrons. The Balaban J connectivity index is 0.000000157. The van der Waals surface area contributed by atoms with E-state index < -0.39 is 0 Å². The molecular weight excluding hydrogens is 795 g/mol. The Morgan fingerprint density at radius 3 is 1.74 bits per heavy atom. The van der Waals surface area contributed by atoms with Crippen LogP contribution in [0.5, 0.6) is 0 Å². The van der Waals surface area contributed by atoms with Crippen molar-refractivity contribution >= 4 is 69.4 Å². The standard InChI is InChI=1S/C16H23BN2O2.C15H13ClFN3.C5H2ClFIN/c1-11(2)13-10-18-19-8-7-12(9-14(13)19)17-20-15(3,4)16(5,6)21-17;1-9(2)12-7-19-20-4-3-10(5-14(12)20)11-6-15(16)18-8-13(11)17;6-5-1-4(8)3(7)2-9-5/h7-11H,1-6H3;3-9H,1-2H3;1-2H. The van der Waals surface area contributed by atoms with E-state index in [0.717, 1.165) is 40.0 Å². The van der Waals surface area contributed by atoms with E-state index >= 15 is 0 Å². The summed E-state index contributed by atoms with van der Waals surface area (Å²) >= 11 is 13.1. The summed E-state index contributed by atoms with van der Waals surface area (Å²) in [4.78, 5) is 7.26. The maximum absolute atomic E-state index is 13.9. The third kappa shape index (κ3) is 8.31. The van der Waals surface area contributed by atoms with E-state index in [-0.39, 0.29) is 35.1 Å². The van der Waals surface area contributed by atoms with Gasteiger partial charge in [0.15, 0.2) is 5.82 Å². The van der Waals surface area contributed by atoms with Gasteiger partial charge in [-0.3, -0.25) is 0 Å². The smallest absolute Gasteiger partial charge is 0.399 e. The predicted molar refractivity (Wildman–Crippen MR) is 204 cm³/mol. The van der Waals surface area contributed by atoms with Gasteiger partial charge in [0.1, 0.15) is 16.1 Å². The number of pyridine rings is 4. The fourth-order valence-electron chi connectivity index (χ4n) is 5.22. The second-order valence-corrected chi connectivity index (χ2v) is 15.5. The fraction of sp³-hybridized carbons (Fsp3) is 0.333. The highest BCUT2D eigenvalue weighted by molar-refractivity contribution is 14.1. The normalized spacial score (nSPS) is 15.0. The van der Waals surface area contributed by atoms with Crippen LogP contribution in [0.3, 0.4) is 0 Å². The first-order chi connectivity index (χ1) is 23.5. The van der Waals surface area contributed by atoms with Crippen LogP contribution in [-0.4, -0.2) is 47.5 Å². The first-order valence-corrected chi connectivity index (χ1v) is 17.9. The van der Waals surface area contributed by atoms with Crippen molar-refractivity contribution in [1.82, 2.24) is 29.2 Å². The first-order valence-electron chi connectivity index (χ1n) is 16.1. The van der Waals surface area contributed by atoms with Gasteiger partial charge >= 0.3 is 7.12 Å². The molecule has 0 amide bonds. The van der Waals surface area contributed by atoms with E-state index in [1.54, 1.807) is 4.52 Å². The second kappa shape index (κ2) is 15.2. The van der Waals surface area contributed by atoms with E-state index in [1.807, 2.05) is 70.1 Å². The third-order valence-corrected chi connectivity index (χ3v) is 10.0. The van der Waals surface area contributed by atoms with Crippen LogP contribution in [0, 0.1) is 15.2 Å². The molecule has 0 N–H and O–H groups in total. The number of halogens is 5. The summed E-state index contributed by atoms with van der Waals surface area (Å²) in [5.74, 6) is 0.0778. The van der Waals surface area contributed by atoms with Crippen molar-refractivity contribution in [2.75, 3.05) is 0 Å². The average molecular weight is 833 g/mol. The number of aromatic nitrogens is 6. The molecule has 8 nitrogen and oxygen atoms in total. The fourth-order valence-corrected chi connectivity index (χ4v) is 6.16. The third-order valence-electron chi connectivity index (χ3n) is 8.80. The molecule has 1 saturated heterocycles. The molecule has 7 heterocycles. The van der Waals surface area contributed by atoms with Crippen LogP contribution in [0.15, 0.2) is 73.6 Å². The number of nitrogens with zero attached hydrogens (tertiary/aromatic N) is 6. The summed E-state index contributed by atoms with van der Waals surface area (Å²) in [6.07, 6.45) is 9.82. The molecular formula is C36H38BCl2F2IN6O2. The molecule has 0 atom stereocenters. The lowest BCUT2D eigenvalue weighted by Gasteiger charge is -2.32. The summed E-state index contributed by atoms with van der Waals surface area (Å²) in [7, 11) is -0.324. The zero-order valence-electron chi connectivity index (χ0n) is 29.0. The van der Waals surface area contributed by atoms with Gasteiger partial charge in [-0.2, -0.15) is 10.2 Å². The molecule has 0 aromatic carbocycles. The molecule has 0 saturated carbocycles. The molecule has 0 spiro atoms.